The molecule has 0 spiro atoms. The van der Waals surface area contributed by atoms with E-state index in [0.29, 0.717) is 5.82 Å². The third-order valence-corrected chi connectivity index (χ3v) is 9.88. The predicted molar refractivity (Wildman–Crippen MR) is 215 cm³/mol. The molecule has 0 saturated heterocycles. The first-order valence-corrected chi connectivity index (χ1v) is 17.5. The zero-order valence-electron chi connectivity index (χ0n) is 28.1. The van der Waals surface area contributed by atoms with E-state index in [1.165, 1.54) is 10.8 Å². The monoisotopic (exact) mass is 662 g/mol. The number of aromatic nitrogens is 4. The van der Waals surface area contributed by atoms with Crippen LogP contribution in [0.1, 0.15) is 0 Å². The third-order valence-electron chi connectivity index (χ3n) is 9.88. The number of hydrogen-bond donors (Lipinski definition) is 0. The van der Waals surface area contributed by atoms with E-state index in [1.54, 1.807) is 0 Å². The summed E-state index contributed by atoms with van der Waals surface area (Å²) < 4.78 is 0. The van der Waals surface area contributed by atoms with Gasteiger partial charge in [0.2, 0.25) is 0 Å². The molecule has 52 heavy (non-hydrogen) atoms. The minimum Gasteiger partial charge on any atom is -0.245 e. The number of rotatable bonds is 5. The van der Waals surface area contributed by atoms with Gasteiger partial charge in [0.25, 0.3) is 0 Å². The van der Waals surface area contributed by atoms with E-state index in [1.807, 2.05) is 36.4 Å². The minimum absolute atomic E-state index is 0.716. The van der Waals surface area contributed by atoms with Crippen molar-refractivity contribution in [1.29, 1.82) is 0 Å². The summed E-state index contributed by atoms with van der Waals surface area (Å²) in [5.74, 6) is 0.716. The molecule has 0 saturated carbocycles. The second-order valence-corrected chi connectivity index (χ2v) is 13.1. The molecule has 4 heteroatoms. The van der Waals surface area contributed by atoms with Crippen molar-refractivity contribution in [3.05, 3.63) is 182 Å². The van der Waals surface area contributed by atoms with Gasteiger partial charge >= 0.3 is 0 Å². The van der Waals surface area contributed by atoms with E-state index in [4.69, 9.17) is 19.9 Å². The van der Waals surface area contributed by atoms with E-state index >= 15 is 0 Å². The average molecular weight is 663 g/mol. The van der Waals surface area contributed by atoms with Crippen molar-refractivity contribution in [2.75, 3.05) is 0 Å². The molecule has 3 aromatic heterocycles. The molecule has 0 radical (unpaired) electrons. The van der Waals surface area contributed by atoms with Crippen molar-refractivity contribution in [1.82, 2.24) is 19.9 Å². The number of hydrogen-bond acceptors (Lipinski definition) is 4. The lowest BCUT2D eigenvalue weighted by atomic mass is 9.99. The molecule has 10 rings (SSSR count). The van der Waals surface area contributed by atoms with Crippen LogP contribution in [0.15, 0.2) is 182 Å². The zero-order valence-corrected chi connectivity index (χ0v) is 28.1. The second-order valence-electron chi connectivity index (χ2n) is 13.1. The average Bonchev–Trinajstić information content (AvgIpc) is 3.23. The van der Waals surface area contributed by atoms with Crippen molar-refractivity contribution in [2.24, 2.45) is 0 Å². The number of pyridine rings is 2. The Hall–Kier alpha value is -7.04. The van der Waals surface area contributed by atoms with Crippen molar-refractivity contribution in [3.63, 3.8) is 0 Å². The van der Waals surface area contributed by atoms with Crippen LogP contribution < -0.4 is 0 Å². The molecule has 0 unspecified atom stereocenters. The Morgan fingerprint density at radius 1 is 0.308 bits per heavy atom. The summed E-state index contributed by atoms with van der Waals surface area (Å²) in [6.45, 7) is 0. The summed E-state index contributed by atoms with van der Waals surface area (Å²) in [7, 11) is 0. The normalized spacial score (nSPS) is 11.5. The molecule has 0 aliphatic heterocycles. The van der Waals surface area contributed by atoms with Gasteiger partial charge in [-0.2, -0.15) is 0 Å². The summed E-state index contributed by atoms with van der Waals surface area (Å²) in [5.41, 5.74) is 11.9. The largest absolute Gasteiger partial charge is 0.245 e. The van der Waals surface area contributed by atoms with Crippen molar-refractivity contribution >= 4 is 43.5 Å². The molecule has 7 aromatic carbocycles. The number of benzene rings is 7. The molecule has 0 fully saturated rings. The van der Waals surface area contributed by atoms with E-state index in [0.717, 1.165) is 83.2 Å². The molecular formula is C48H30N4. The fourth-order valence-electron chi connectivity index (χ4n) is 7.20. The molecule has 4 nitrogen and oxygen atoms in total. The quantitative estimate of drug-likeness (QED) is 0.172. The molecule has 0 aliphatic carbocycles. The van der Waals surface area contributed by atoms with Crippen LogP contribution in [0, 0.1) is 0 Å². The van der Waals surface area contributed by atoms with Crippen molar-refractivity contribution < 1.29 is 0 Å². The Kier molecular flexibility index (Phi) is 7.10. The lowest BCUT2D eigenvalue weighted by Gasteiger charge is -2.12. The van der Waals surface area contributed by atoms with Crippen LogP contribution in [0.2, 0.25) is 0 Å². The van der Waals surface area contributed by atoms with Crippen LogP contribution in [0.25, 0.3) is 99.8 Å². The van der Waals surface area contributed by atoms with E-state index in [9.17, 15) is 0 Å². The molecule has 10 aromatic rings. The summed E-state index contributed by atoms with van der Waals surface area (Å²) in [6.07, 6.45) is 0. The van der Waals surface area contributed by atoms with Crippen LogP contribution in [0.3, 0.4) is 0 Å². The fourth-order valence-corrected chi connectivity index (χ4v) is 7.20. The van der Waals surface area contributed by atoms with Gasteiger partial charge in [-0.15, -0.1) is 0 Å². The molecule has 242 valence electrons. The molecule has 0 bridgehead atoms. The van der Waals surface area contributed by atoms with Crippen LogP contribution in [0.5, 0.6) is 0 Å². The van der Waals surface area contributed by atoms with E-state index < -0.39 is 0 Å². The molecule has 0 amide bonds. The second kappa shape index (κ2) is 12.4. The molecule has 0 N–H and O–H groups in total. The van der Waals surface area contributed by atoms with E-state index in [-0.39, 0.29) is 0 Å². The van der Waals surface area contributed by atoms with Gasteiger partial charge in [-0.3, -0.25) is 0 Å². The van der Waals surface area contributed by atoms with Crippen LogP contribution in [0.4, 0.5) is 0 Å². The fraction of sp³-hybridized carbons (Fsp3) is 0. The van der Waals surface area contributed by atoms with Crippen LogP contribution >= 0.6 is 0 Å². The molecule has 3 heterocycles. The van der Waals surface area contributed by atoms with Gasteiger partial charge in [0, 0.05) is 38.4 Å². The zero-order chi connectivity index (χ0) is 34.4. The van der Waals surface area contributed by atoms with Crippen LogP contribution in [-0.2, 0) is 0 Å². The first kappa shape index (κ1) is 29.8. The Labute approximate surface area is 300 Å². The lowest BCUT2D eigenvalue weighted by molar-refractivity contribution is 1.23. The van der Waals surface area contributed by atoms with Crippen LogP contribution in [-0.4, -0.2) is 19.9 Å². The smallest absolute Gasteiger partial charge is 0.160 e. The maximum Gasteiger partial charge on any atom is 0.160 e. The molecular weight excluding hydrogens is 633 g/mol. The van der Waals surface area contributed by atoms with Gasteiger partial charge in [-0.05, 0) is 46.2 Å². The van der Waals surface area contributed by atoms with E-state index in [2.05, 4.69) is 146 Å². The van der Waals surface area contributed by atoms with Gasteiger partial charge in [0.15, 0.2) is 5.82 Å². The first-order chi connectivity index (χ1) is 25.7. The van der Waals surface area contributed by atoms with Gasteiger partial charge in [0.05, 0.1) is 33.6 Å². The highest BCUT2D eigenvalue weighted by atomic mass is 14.9. The Bertz CT molecular complexity index is 2930. The standard InChI is InChI=1S/C48H30N4/c1-3-11-34(12-4-1)45-41-27-24-38(30-44(41)51-48(52-45)37-13-5-2-6-14-37)31-18-20-33(21-19-31)42-28-25-35-22-23-36-26-29-43(50-47(36)46(35)49-42)40-17-9-15-32-10-7-8-16-39(32)40/h1-30H. The summed E-state index contributed by atoms with van der Waals surface area (Å²) in [6, 6.07) is 63.3. The maximum absolute atomic E-state index is 5.22. The predicted octanol–water partition coefficient (Wildman–Crippen LogP) is 12.2. The first-order valence-electron chi connectivity index (χ1n) is 17.5. The van der Waals surface area contributed by atoms with Gasteiger partial charge < -0.3 is 0 Å². The van der Waals surface area contributed by atoms with Gasteiger partial charge in [-0.1, -0.05) is 158 Å². The summed E-state index contributed by atoms with van der Waals surface area (Å²) in [5, 5.41) is 5.56. The molecule has 0 aliphatic rings. The topological polar surface area (TPSA) is 51.6 Å². The Morgan fingerprint density at radius 3 is 1.67 bits per heavy atom. The number of nitrogens with zero attached hydrogens (tertiary/aromatic N) is 4. The third kappa shape index (κ3) is 5.26. The summed E-state index contributed by atoms with van der Waals surface area (Å²) in [4.78, 5) is 20.5. The van der Waals surface area contributed by atoms with Gasteiger partial charge in [0.1, 0.15) is 0 Å². The molecule has 0 atom stereocenters. The Morgan fingerprint density at radius 2 is 0.904 bits per heavy atom. The SMILES string of the molecule is c1ccc(-c2nc(-c3ccccc3)c3ccc(-c4ccc(-c5ccc6ccc7ccc(-c8cccc9ccccc89)nc7c6n5)cc4)cc3n2)cc1. The minimum atomic E-state index is 0.716. The lowest BCUT2D eigenvalue weighted by Crippen LogP contribution is -1.95. The Balaban J connectivity index is 1.03. The van der Waals surface area contributed by atoms with Crippen molar-refractivity contribution in [2.45, 2.75) is 0 Å². The van der Waals surface area contributed by atoms with Crippen molar-refractivity contribution in [3.8, 4) is 56.3 Å². The maximum atomic E-state index is 5.22. The highest BCUT2D eigenvalue weighted by Gasteiger charge is 2.14. The highest BCUT2D eigenvalue weighted by molar-refractivity contribution is 6.05. The highest BCUT2D eigenvalue weighted by Crippen LogP contribution is 2.34. The number of fused-ring (bicyclic) bond motifs is 5. The summed E-state index contributed by atoms with van der Waals surface area (Å²) >= 11 is 0. The van der Waals surface area contributed by atoms with Gasteiger partial charge in [-0.25, -0.2) is 19.9 Å².